The Hall–Kier alpha value is -3.91. The number of aryl methyl sites for hydroxylation is 1. The van der Waals surface area contributed by atoms with Crippen LogP contribution in [0.4, 0.5) is 5.69 Å². The number of piperidine rings is 1. The number of amides is 1. The molecule has 0 atom stereocenters. The number of aromatic amines is 1. The van der Waals surface area contributed by atoms with E-state index < -0.39 is 0 Å². The minimum Gasteiger partial charge on any atom is -0.378 e. The standard InChI is InChI=1S/C29H30N6O2/c1-3-25(36)35-10-8-18(9-11-35)29-31-27-21-5-4-19(34-12-14-37-15-13-34)16-22(21)20-6-7-24-23(17-30-32-24)26(20)28(27)33(29)2/h3-7,16-18H,1,8-15H2,2H3,(H,30,32). The molecule has 2 saturated heterocycles. The molecule has 2 aliphatic heterocycles. The molecule has 8 heteroatoms. The van der Waals surface area contributed by atoms with Gasteiger partial charge in [-0.2, -0.15) is 5.10 Å². The number of carbonyl (C=O) groups excluding carboxylic acids is 1. The summed E-state index contributed by atoms with van der Waals surface area (Å²) in [7, 11) is 2.14. The lowest BCUT2D eigenvalue weighted by Gasteiger charge is -2.31. The highest BCUT2D eigenvalue weighted by atomic mass is 16.5. The number of hydrogen-bond donors (Lipinski definition) is 1. The maximum Gasteiger partial charge on any atom is 0.245 e. The van der Waals surface area contributed by atoms with Crippen LogP contribution in [0.1, 0.15) is 24.6 Å². The minimum atomic E-state index is 0.0128. The van der Waals surface area contributed by atoms with E-state index in [9.17, 15) is 4.79 Å². The largest absolute Gasteiger partial charge is 0.378 e. The van der Waals surface area contributed by atoms with Crippen LogP contribution in [0, 0.1) is 0 Å². The fourth-order valence-corrected chi connectivity index (χ4v) is 6.32. The van der Waals surface area contributed by atoms with Gasteiger partial charge in [-0.3, -0.25) is 9.89 Å². The van der Waals surface area contributed by atoms with Crippen molar-refractivity contribution in [3.63, 3.8) is 0 Å². The van der Waals surface area contributed by atoms with Gasteiger partial charge in [-0.25, -0.2) is 4.98 Å². The van der Waals surface area contributed by atoms with Crippen molar-refractivity contribution in [1.29, 1.82) is 0 Å². The number of aromatic nitrogens is 4. The molecular formula is C29H30N6O2. The first-order valence-electron chi connectivity index (χ1n) is 13.1. The molecule has 3 aromatic carbocycles. The van der Waals surface area contributed by atoms with Crippen LogP contribution >= 0.6 is 0 Å². The Balaban J connectivity index is 1.45. The van der Waals surface area contributed by atoms with Crippen molar-refractivity contribution < 1.29 is 9.53 Å². The van der Waals surface area contributed by atoms with Gasteiger partial charge in [-0.05, 0) is 47.9 Å². The van der Waals surface area contributed by atoms with Gasteiger partial charge in [0.05, 0.1) is 36.0 Å². The molecule has 0 radical (unpaired) electrons. The lowest BCUT2D eigenvalue weighted by atomic mass is 9.96. The zero-order chi connectivity index (χ0) is 25.1. The van der Waals surface area contributed by atoms with E-state index in [0.717, 1.165) is 80.0 Å². The van der Waals surface area contributed by atoms with Crippen LogP contribution in [0.25, 0.3) is 43.5 Å². The van der Waals surface area contributed by atoms with Gasteiger partial charge in [-0.15, -0.1) is 0 Å². The fraction of sp³-hybridized carbons (Fsp3) is 0.345. The molecule has 188 valence electrons. The summed E-state index contributed by atoms with van der Waals surface area (Å²) >= 11 is 0. The molecule has 0 unspecified atom stereocenters. The lowest BCUT2D eigenvalue weighted by molar-refractivity contribution is -0.127. The number of likely N-dealkylation sites (tertiary alicyclic amines) is 1. The van der Waals surface area contributed by atoms with Gasteiger partial charge >= 0.3 is 0 Å². The molecule has 4 heterocycles. The Morgan fingerprint density at radius 3 is 2.62 bits per heavy atom. The number of morpholine rings is 1. The molecule has 0 bridgehead atoms. The molecule has 1 amide bonds. The molecule has 7 rings (SSSR count). The summed E-state index contributed by atoms with van der Waals surface area (Å²) in [4.78, 5) is 21.7. The van der Waals surface area contributed by atoms with Crippen molar-refractivity contribution in [3.8, 4) is 0 Å². The predicted octanol–water partition coefficient (Wildman–Crippen LogP) is 4.48. The third kappa shape index (κ3) is 3.43. The van der Waals surface area contributed by atoms with Crippen LogP contribution in [0.3, 0.4) is 0 Å². The van der Waals surface area contributed by atoms with Gasteiger partial charge in [0.25, 0.3) is 0 Å². The summed E-state index contributed by atoms with van der Waals surface area (Å²) in [5, 5.41) is 13.4. The van der Waals surface area contributed by atoms with Crippen molar-refractivity contribution in [1.82, 2.24) is 24.6 Å². The van der Waals surface area contributed by atoms with E-state index in [1.54, 1.807) is 0 Å². The van der Waals surface area contributed by atoms with E-state index >= 15 is 0 Å². The number of fused-ring (bicyclic) bond motifs is 8. The monoisotopic (exact) mass is 494 g/mol. The van der Waals surface area contributed by atoms with Crippen molar-refractivity contribution in [2.75, 3.05) is 44.3 Å². The Bertz CT molecular complexity index is 1690. The highest BCUT2D eigenvalue weighted by Gasteiger charge is 2.28. The number of benzene rings is 3. The van der Waals surface area contributed by atoms with Crippen LogP contribution in [0.15, 0.2) is 49.2 Å². The Labute approximate surface area is 214 Å². The van der Waals surface area contributed by atoms with Gasteiger partial charge in [0.1, 0.15) is 5.82 Å². The van der Waals surface area contributed by atoms with E-state index in [0.29, 0.717) is 5.92 Å². The first-order valence-corrected chi connectivity index (χ1v) is 13.1. The van der Waals surface area contributed by atoms with E-state index in [1.807, 2.05) is 11.1 Å². The third-order valence-electron chi connectivity index (χ3n) is 8.26. The number of nitrogens with zero attached hydrogens (tertiary/aromatic N) is 5. The van der Waals surface area contributed by atoms with Crippen molar-refractivity contribution in [3.05, 3.63) is 55.0 Å². The average Bonchev–Trinajstić information content (AvgIpc) is 3.57. The summed E-state index contributed by atoms with van der Waals surface area (Å²) < 4.78 is 7.87. The van der Waals surface area contributed by atoms with E-state index in [1.165, 1.54) is 33.3 Å². The molecule has 2 aromatic heterocycles. The maximum absolute atomic E-state index is 12.1. The zero-order valence-electron chi connectivity index (χ0n) is 21.0. The number of carbonyl (C=O) groups is 1. The third-order valence-corrected chi connectivity index (χ3v) is 8.26. The van der Waals surface area contributed by atoms with E-state index in [4.69, 9.17) is 9.72 Å². The molecular weight excluding hydrogens is 464 g/mol. The molecule has 2 fully saturated rings. The first kappa shape index (κ1) is 22.3. The second-order valence-corrected chi connectivity index (χ2v) is 10.2. The summed E-state index contributed by atoms with van der Waals surface area (Å²) in [6.07, 6.45) is 5.14. The zero-order valence-corrected chi connectivity index (χ0v) is 21.0. The molecule has 5 aromatic rings. The number of nitrogens with one attached hydrogen (secondary N) is 1. The maximum atomic E-state index is 12.1. The number of imidazole rings is 1. The molecule has 0 aliphatic carbocycles. The number of anilines is 1. The van der Waals surface area contributed by atoms with Crippen LogP contribution in [-0.2, 0) is 16.6 Å². The average molecular weight is 495 g/mol. The highest BCUT2D eigenvalue weighted by Crippen LogP contribution is 2.41. The molecule has 37 heavy (non-hydrogen) atoms. The molecule has 0 spiro atoms. The Morgan fingerprint density at radius 1 is 1.05 bits per heavy atom. The molecule has 2 aliphatic rings. The Kier molecular flexibility index (Phi) is 5.18. The smallest absolute Gasteiger partial charge is 0.245 e. The topological polar surface area (TPSA) is 79.3 Å². The summed E-state index contributed by atoms with van der Waals surface area (Å²) in [5.41, 5.74) is 4.43. The fourth-order valence-electron chi connectivity index (χ4n) is 6.32. The van der Waals surface area contributed by atoms with E-state index in [2.05, 4.69) is 63.6 Å². The number of hydrogen-bond acceptors (Lipinski definition) is 5. The number of ether oxygens (including phenoxy) is 1. The van der Waals surface area contributed by atoms with Gasteiger partial charge in [-0.1, -0.05) is 18.7 Å². The summed E-state index contributed by atoms with van der Waals surface area (Å²) in [5.74, 6) is 1.40. The van der Waals surface area contributed by atoms with Crippen molar-refractivity contribution in [2.24, 2.45) is 7.05 Å². The minimum absolute atomic E-state index is 0.0128. The molecule has 0 saturated carbocycles. The normalized spacial score (nSPS) is 17.4. The van der Waals surface area contributed by atoms with Gasteiger partial charge in [0.15, 0.2) is 0 Å². The van der Waals surface area contributed by atoms with Gasteiger partial charge in [0.2, 0.25) is 5.91 Å². The quantitative estimate of drug-likeness (QED) is 0.295. The van der Waals surface area contributed by atoms with Crippen molar-refractivity contribution in [2.45, 2.75) is 18.8 Å². The number of rotatable bonds is 3. The van der Waals surface area contributed by atoms with Crippen LogP contribution < -0.4 is 4.90 Å². The second kappa shape index (κ2) is 8.59. The first-order chi connectivity index (χ1) is 18.1. The molecule has 8 nitrogen and oxygen atoms in total. The number of H-pyrrole nitrogens is 1. The summed E-state index contributed by atoms with van der Waals surface area (Å²) in [6, 6.07) is 11.1. The lowest BCUT2D eigenvalue weighted by Crippen LogP contribution is -2.37. The second-order valence-electron chi connectivity index (χ2n) is 10.2. The summed E-state index contributed by atoms with van der Waals surface area (Å²) in [6.45, 7) is 8.43. The molecule has 1 N–H and O–H groups in total. The van der Waals surface area contributed by atoms with Crippen LogP contribution in [-0.4, -0.2) is 69.9 Å². The van der Waals surface area contributed by atoms with Crippen molar-refractivity contribution >= 4 is 55.1 Å². The van der Waals surface area contributed by atoms with Gasteiger partial charge < -0.3 is 19.1 Å². The Morgan fingerprint density at radius 2 is 1.84 bits per heavy atom. The van der Waals surface area contributed by atoms with E-state index in [-0.39, 0.29) is 5.91 Å². The SMILES string of the molecule is C=CC(=O)N1CCC(c2nc3c4ccc(N5CCOCC5)cc4c4ccc5[nH]ncc5c4c3n2C)CC1. The van der Waals surface area contributed by atoms with Gasteiger partial charge in [0, 0.05) is 61.0 Å². The van der Waals surface area contributed by atoms with Crippen LogP contribution in [0.2, 0.25) is 0 Å². The predicted molar refractivity (Wildman–Crippen MR) is 147 cm³/mol. The van der Waals surface area contributed by atoms with Crippen LogP contribution in [0.5, 0.6) is 0 Å². The highest BCUT2D eigenvalue weighted by molar-refractivity contribution is 6.29.